The molecule has 0 aliphatic heterocycles. The van der Waals surface area contributed by atoms with Crippen molar-refractivity contribution in [2.45, 2.75) is 11.3 Å². The fourth-order valence-electron chi connectivity index (χ4n) is 1.25. The molecule has 0 unspecified atom stereocenters. The van der Waals surface area contributed by atoms with Crippen molar-refractivity contribution in [1.29, 1.82) is 0 Å². The highest BCUT2D eigenvalue weighted by molar-refractivity contribution is 7.89. The van der Waals surface area contributed by atoms with Crippen LogP contribution in [0.15, 0.2) is 29.2 Å². The molecule has 0 aromatic heterocycles. The van der Waals surface area contributed by atoms with Crippen LogP contribution in [0.4, 0.5) is 0 Å². The van der Waals surface area contributed by atoms with Crippen molar-refractivity contribution < 1.29 is 18.0 Å². The van der Waals surface area contributed by atoms with Crippen molar-refractivity contribution in [3.8, 4) is 0 Å². The molecule has 0 saturated heterocycles. The lowest BCUT2D eigenvalue weighted by molar-refractivity contribution is -0.137. The first-order valence-electron chi connectivity index (χ1n) is 5.00. The van der Waals surface area contributed by atoms with Gasteiger partial charge in [-0.15, -0.1) is 0 Å². The lowest BCUT2D eigenvalue weighted by Crippen LogP contribution is -2.37. The summed E-state index contributed by atoms with van der Waals surface area (Å²) >= 11 is 0. The SMILES string of the molecule is NC(=O)C(=O)NCCc1ccc(S(N)(=O)=O)cc1. The van der Waals surface area contributed by atoms with Crippen LogP contribution in [-0.2, 0) is 26.0 Å². The summed E-state index contributed by atoms with van der Waals surface area (Å²) in [6, 6.07) is 5.91. The normalized spacial score (nSPS) is 10.9. The van der Waals surface area contributed by atoms with Gasteiger partial charge in [-0.1, -0.05) is 12.1 Å². The Kier molecular flexibility index (Phi) is 4.40. The standard InChI is InChI=1S/C10H13N3O4S/c11-9(14)10(15)13-6-5-7-1-3-8(4-2-7)18(12,16)17/h1-4H,5-6H2,(H2,11,14)(H,13,15)(H2,12,16,17). The third-order valence-corrected chi connectivity index (χ3v) is 3.10. The molecule has 0 spiro atoms. The molecular formula is C10H13N3O4S. The number of sulfonamides is 1. The van der Waals surface area contributed by atoms with Gasteiger partial charge in [0.05, 0.1) is 4.90 Å². The summed E-state index contributed by atoms with van der Waals surface area (Å²) in [5.41, 5.74) is 5.55. The minimum atomic E-state index is -3.70. The Bertz CT molecular complexity index is 551. The van der Waals surface area contributed by atoms with Crippen molar-refractivity contribution in [3.63, 3.8) is 0 Å². The van der Waals surface area contributed by atoms with E-state index in [1.54, 1.807) is 12.1 Å². The molecule has 2 amide bonds. The topological polar surface area (TPSA) is 132 Å². The summed E-state index contributed by atoms with van der Waals surface area (Å²) in [5, 5.41) is 7.26. The van der Waals surface area contributed by atoms with Gasteiger partial charge in [0.1, 0.15) is 0 Å². The number of carbonyl (C=O) groups excluding carboxylic acids is 2. The first-order valence-corrected chi connectivity index (χ1v) is 6.54. The molecule has 7 nitrogen and oxygen atoms in total. The number of rotatable bonds is 4. The molecule has 1 rings (SSSR count). The maximum atomic E-state index is 11.0. The second-order valence-corrected chi connectivity index (χ2v) is 5.12. The van der Waals surface area contributed by atoms with Gasteiger partial charge in [0.2, 0.25) is 10.0 Å². The highest BCUT2D eigenvalue weighted by Gasteiger charge is 2.08. The fourth-order valence-corrected chi connectivity index (χ4v) is 1.77. The lowest BCUT2D eigenvalue weighted by atomic mass is 10.1. The Balaban J connectivity index is 2.55. The maximum Gasteiger partial charge on any atom is 0.309 e. The zero-order chi connectivity index (χ0) is 13.8. The fraction of sp³-hybridized carbons (Fsp3) is 0.200. The average Bonchev–Trinajstić information content (AvgIpc) is 2.28. The van der Waals surface area contributed by atoms with Gasteiger partial charge in [0.25, 0.3) is 0 Å². The quantitative estimate of drug-likeness (QED) is 0.573. The van der Waals surface area contributed by atoms with Gasteiger partial charge >= 0.3 is 11.8 Å². The van der Waals surface area contributed by atoms with Gasteiger partial charge < -0.3 is 11.1 Å². The van der Waals surface area contributed by atoms with E-state index in [9.17, 15) is 18.0 Å². The second kappa shape index (κ2) is 5.61. The van der Waals surface area contributed by atoms with Crippen molar-refractivity contribution >= 4 is 21.8 Å². The molecular weight excluding hydrogens is 258 g/mol. The molecule has 18 heavy (non-hydrogen) atoms. The highest BCUT2D eigenvalue weighted by atomic mass is 32.2. The number of amides is 2. The Morgan fingerprint density at radius 1 is 1.17 bits per heavy atom. The van der Waals surface area contributed by atoms with Gasteiger partial charge in [-0.25, -0.2) is 13.6 Å². The Labute approximate surface area is 104 Å². The molecule has 0 heterocycles. The summed E-state index contributed by atoms with van der Waals surface area (Å²) in [5.74, 6) is -1.89. The zero-order valence-corrected chi connectivity index (χ0v) is 10.2. The predicted molar refractivity (Wildman–Crippen MR) is 63.7 cm³/mol. The predicted octanol–water partition coefficient (Wildman–Crippen LogP) is -1.52. The number of primary sulfonamides is 1. The van der Waals surface area contributed by atoms with E-state index < -0.39 is 21.8 Å². The van der Waals surface area contributed by atoms with Crippen LogP contribution in [0.25, 0.3) is 0 Å². The van der Waals surface area contributed by atoms with Crippen LogP contribution in [0.3, 0.4) is 0 Å². The molecule has 1 aromatic rings. The van der Waals surface area contributed by atoms with Crippen LogP contribution < -0.4 is 16.2 Å². The third-order valence-electron chi connectivity index (χ3n) is 2.17. The van der Waals surface area contributed by atoms with Crippen LogP contribution in [0.5, 0.6) is 0 Å². The maximum absolute atomic E-state index is 11.0. The summed E-state index contributed by atoms with van der Waals surface area (Å²) < 4.78 is 22.0. The molecule has 5 N–H and O–H groups in total. The molecule has 0 saturated carbocycles. The highest BCUT2D eigenvalue weighted by Crippen LogP contribution is 2.08. The van der Waals surface area contributed by atoms with Crippen molar-refractivity contribution in [2.24, 2.45) is 10.9 Å². The number of carbonyl (C=O) groups is 2. The second-order valence-electron chi connectivity index (χ2n) is 3.56. The molecule has 0 aliphatic rings. The van der Waals surface area contributed by atoms with Crippen LogP contribution in [0, 0.1) is 0 Å². The Morgan fingerprint density at radius 2 is 1.72 bits per heavy atom. The van der Waals surface area contributed by atoms with Crippen LogP contribution in [-0.4, -0.2) is 26.8 Å². The largest absolute Gasteiger partial charge is 0.361 e. The number of benzene rings is 1. The Morgan fingerprint density at radius 3 is 2.17 bits per heavy atom. The van der Waals surface area contributed by atoms with E-state index in [2.05, 4.69) is 5.32 Å². The van der Waals surface area contributed by atoms with E-state index in [0.29, 0.717) is 6.42 Å². The number of hydrogen-bond acceptors (Lipinski definition) is 4. The van der Waals surface area contributed by atoms with Crippen molar-refractivity contribution in [1.82, 2.24) is 5.32 Å². The zero-order valence-electron chi connectivity index (χ0n) is 9.42. The first-order chi connectivity index (χ1) is 8.30. The third kappa shape index (κ3) is 4.15. The summed E-state index contributed by atoms with van der Waals surface area (Å²) in [4.78, 5) is 21.3. The van der Waals surface area contributed by atoms with Gasteiger partial charge in [-0.3, -0.25) is 9.59 Å². The number of primary amides is 1. The van der Waals surface area contributed by atoms with Gasteiger partial charge in [0, 0.05) is 6.54 Å². The molecule has 0 bridgehead atoms. The van der Waals surface area contributed by atoms with Crippen molar-refractivity contribution in [2.75, 3.05) is 6.54 Å². The Hall–Kier alpha value is -1.93. The van der Waals surface area contributed by atoms with E-state index in [4.69, 9.17) is 10.9 Å². The summed E-state index contributed by atoms with van der Waals surface area (Å²) in [6.07, 6.45) is 0.448. The van der Waals surface area contributed by atoms with Crippen molar-refractivity contribution in [3.05, 3.63) is 29.8 Å². The molecule has 0 radical (unpaired) electrons. The molecule has 0 fully saturated rings. The van der Waals surface area contributed by atoms with Gasteiger partial charge in [-0.2, -0.15) is 0 Å². The van der Waals surface area contributed by atoms with E-state index in [1.807, 2.05) is 0 Å². The molecule has 98 valence electrons. The molecule has 1 aromatic carbocycles. The molecule has 0 aliphatic carbocycles. The van der Waals surface area contributed by atoms with Gasteiger partial charge in [0.15, 0.2) is 0 Å². The lowest BCUT2D eigenvalue weighted by Gasteiger charge is -2.04. The number of hydrogen-bond donors (Lipinski definition) is 3. The van der Waals surface area contributed by atoms with E-state index in [-0.39, 0.29) is 11.4 Å². The monoisotopic (exact) mass is 271 g/mol. The van der Waals surface area contributed by atoms with Gasteiger partial charge in [-0.05, 0) is 24.1 Å². The number of nitrogens with two attached hydrogens (primary N) is 2. The minimum Gasteiger partial charge on any atom is -0.361 e. The van der Waals surface area contributed by atoms with E-state index >= 15 is 0 Å². The average molecular weight is 271 g/mol. The summed E-state index contributed by atoms with van der Waals surface area (Å²) in [6.45, 7) is 0.233. The minimum absolute atomic E-state index is 0.0208. The van der Waals surface area contributed by atoms with Crippen LogP contribution in [0.1, 0.15) is 5.56 Å². The van der Waals surface area contributed by atoms with E-state index in [1.165, 1.54) is 12.1 Å². The smallest absolute Gasteiger partial charge is 0.309 e. The van der Waals surface area contributed by atoms with Crippen LogP contribution >= 0.6 is 0 Å². The molecule has 0 atom stereocenters. The summed E-state index contributed by atoms with van der Waals surface area (Å²) in [7, 11) is -3.70. The first kappa shape index (κ1) is 14.1. The van der Waals surface area contributed by atoms with Crippen LogP contribution in [0.2, 0.25) is 0 Å². The number of nitrogens with one attached hydrogen (secondary N) is 1. The molecule has 8 heteroatoms. The van der Waals surface area contributed by atoms with E-state index in [0.717, 1.165) is 5.56 Å².